The molecule has 1 aromatic rings. The van der Waals surface area contributed by atoms with Crippen molar-refractivity contribution in [1.82, 2.24) is 5.32 Å². The monoisotopic (exact) mass is 249 g/mol. The van der Waals surface area contributed by atoms with Crippen molar-refractivity contribution >= 4 is 5.57 Å². The van der Waals surface area contributed by atoms with Crippen molar-refractivity contribution in [2.24, 2.45) is 5.92 Å². The number of hydrogen-bond donors (Lipinski definition) is 1. The molecule has 1 N–H and O–H groups in total. The van der Waals surface area contributed by atoms with Gasteiger partial charge in [0.2, 0.25) is 0 Å². The van der Waals surface area contributed by atoms with Gasteiger partial charge in [-0.2, -0.15) is 0 Å². The van der Waals surface area contributed by atoms with Crippen LogP contribution in [0.15, 0.2) is 24.8 Å². The molecule has 1 aromatic carbocycles. The molecule has 1 aliphatic rings. The van der Waals surface area contributed by atoms with Crippen LogP contribution in [0.5, 0.6) is 0 Å². The average Bonchev–Trinajstić information content (AvgIpc) is 2.41. The summed E-state index contributed by atoms with van der Waals surface area (Å²) >= 11 is 0. The third kappa shape index (κ3) is 3.67. The number of benzene rings is 1. The van der Waals surface area contributed by atoms with Gasteiger partial charge in [0.05, 0.1) is 0 Å². The Morgan fingerprint density at radius 1 is 1.28 bits per heavy atom. The molecular formula is C16H24FN. The molecule has 0 atom stereocenters. The number of hydrogen-bond acceptors (Lipinski definition) is 1. The molecule has 1 aliphatic heterocycles. The van der Waals surface area contributed by atoms with E-state index >= 15 is 0 Å². The van der Waals surface area contributed by atoms with Gasteiger partial charge in [0.25, 0.3) is 0 Å². The highest BCUT2D eigenvalue weighted by molar-refractivity contribution is 5.68. The zero-order chi connectivity index (χ0) is 13.5. The first-order valence-corrected chi connectivity index (χ1v) is 6.84. The summed E-state index contributed by atoms with van der Waals surface area (Å²) in [5.41, 5.74) is 3.27. The molecule has 0 bridgehead atoms. The van der Waals surface area contributed by atoms with E-state index in [0.717, 1.165) is 37.1 Å². The van der Waals surface area contributed by atoms with Crippen LogP contribution in [-0.2, 0) is 0 Å². The van der Waals surface area contributed by atoms with Crippen LogP contribution in [0.2, 0.25) is 0 Å². The predicted molar refractivity (Wildman–Crippen MR) is 77.1 cm³/mol. The SMILES string of the molecule is C=C(c1ccc(F)cc1C)C1CCNCC1.CC. The first kappa shape index (κ1) is 14.9. The van der Waals surface area contributed by atoms with E-state index in [1.165, 1.54) is 11.6 Å². The van der Waals surface area contributed by atoms with Gasteiger partial charge in [0, 0.05) is 0 Å². The summed E-state index contributed by atoms with van der Waals surface area (Å²) in [7, 11) is 0. The first-order valence-electron chi connectivity index (χ1n) is 6.84. The van der Waals surface area contributed by atoms with E-state index in [-0.39, 0.29) is 5.82 Å². The smallest absolute Gasteiger partial charge is 0.123 e. The largest absolute Gasteiger partial charge is 0.317 e. The van der Waals surface area contributed by atoms with Crippen LogP contribution in [0.3, 0.4) is 0 Å². The summed E-state index contributed by atoms with van der Waals surface area (Å²) < 4.78 is 13.0. The van der Waals surface area contributed by atoms with Crippen molar-refractivity contribution < 1.29 is 4.39 Å². The number of rotatable bonds is 2. The van der Waals surface area contributed by atoms with Crippen LogP contribution >= 0.6 is 0 Å². The quantitative estimate of drug-likeness (QED) is 0.829. The lowest BCUT2D eigenvalue weighted by Crippen LogP contribution is -2.28. The number of aryl methyl sites for hydroxylation is 1. The highest BCUT2D eigenvalue weighted by Crippen LogP contribution is 2.30. The summed E-state index contributed by atoms with van der Waals surface area (Å²) in [6, 6.07) is 4.96. The van der Waals surface area contributed by atoms with E-state index in [0.29, 0.717) is 5.92 Å². The summed E-state index contributed by atoms with van der Waals surface area (Å²) in [5, 5.41) is 3.34. The molecule has 2 rings (SSSR count). The van der Waals surface area contributed by atoms with Crippen molar-refractivity contribution in [2.75, 3.05) is 13.1 Å². The minimum absolute atomic E-state index is 0.167. The van der Waals surface area contributed by atoms with Crippen LogP contribution in [0.1, 0.15) is 37.8 Å². The maximum absolute atomic E-state index is 13.0. The van der Waals surface area contributed by atoms with Gasteiger partial charge in [-0.05, 0) is 67.6 Å². The maximum atomic E-state index is 13.0. The number of piperidine rings is 1. The molecule has 1 nitrogen and oxygen atoms in total. The Morgan fingerprint density at radius 3 is 2.44 bits per heavy atom. The van der Waals surface area contributed by atoms with Crippen molar-refractivity contribution in [3.8, 4) is 0 Å². The Hall–Kier alpha value is -1.15. The predicted octanol–water partition coefficient (Wildman–Crippen LogP) is 4.17. The molecule has 1 heterocycles. The van der Waals surface area contributed by atoms with Crippen molar-refractivity contribution in [3.63, 3.8) is 0 Å². The van der Waals surface area contributed by atoms with E-state index in [1.54, 1.807) is 6.07 Å². The zero-order valence-electron chi connectivity index (χ0n) is 11.7. The maximum Gasteiger partial charge on any atom is 0.123 e. The van der Waals surface area contributed by atoms with Gasteiger partial charge in [0.15, 0.2) is 0 Å². The molecule has 2 heteroatoms. The Bertz CT molecular complexity index is 392. The van der Waals surface area contributed by atoms with Crippen LogP contribution in [-0.4, -0.2) is 13.1 Å². The summed E-state index contributed by atoms with van der Waals surface area (Å²) in [6.45, 7) is 12.3. The van der Waals surface area contributed by atoms with Gasteiger partial charge in [0.1, 0.15) is 5.82 Å². The first-order chi connectivity index (χ1) is 8.68. The fourth-order valence-electron chi connectivity index (χ4n) is 2.38. The third-order valence-electron chi connectivity index (χ3n) is 3.37. The standard InChI is InChI=1S/C14H18FN.C2H6/c1-10-9-13(15)3-4-14(10)11(2)12-5-7-16-8-6-12;1-2/h3-4,9,12,16H,2,5-8H2,1H3;1-2H3. The van der Waals surface area contributed by atoms with E-state index in [4.69, 9.17) is 0 Å². The number of nitrogens with one attached hydrogen (secondary N) is 1. The van der Waals surface area contributed by atoms with Gasteiger partial charge >= 0.3 is 0 Å². The topological polar surface area (TPSA) is 12.0 Å². The van der Waals surface area contributed by atoms with E-state index in [2.05, 4.69) is 11.9 Å². The second-order valence-electron chi connectivity index (χ2n) is 4.51. The molecule has 0 aliphatic carbocycles. The van der Waals surface area contributed by atoms with Gasteiger partial charge < -0.3 is 5.32 Å². The molecule has 0 aromatic heterocycles. The zero-order valence-corrected chi connectivity index (χ0v) is 11.7. The van der Waals surface area contributed by atoms with Gasteiger partial charge in [-0.15, -0.1) is 0 Å². The van der Waals surface area contributed by atoms with E-state index in [9.17, 15) is 4.39 Å². The van der Waals surface area contributed by atoms with E-state index in [1.807, 2.05) is 26.8 Å². The van der Waals surface area contributed by atoms with Crippen LogP contribution in [0, 0.1) is 18.7 Å². The summed E-state index contributed by atoms with van der Waals surface area (Å²) in [5.74, 6) is 0.379. The lowest BCUT2D eigenvalue weighted by molar-refractivity contribution is 0.447. The molecule has 0 spiro atoms. The minimum atomic E-state index is -0.167. The van der Waals surface area contributed by atoms with Gasteiger partial charge in [-0.25, -0.2) is 4.39 Å². The second kappa shape index (κ2) is 7.32. The number of allylic oxidation sites excluding steroid dienone is 1. The molecule has 1 saturated heterocycles. The summed E-state index contributed by atoms with van der Waals surface area (Å²) in [6.07, 6.45) is 2.27. The molecule has 0 radical (unpaired) electrons. The fourth-order valence-corrected chi connectivity index (χ4v) is 2.38. The highest BCUT2D eigenvalue weighted by Gasteiger charge is 2.18. The average molecular weight is 249 g/mol. The fraction of sp³-hybridized carbons (Fsp3) is 0.500. The lowest BCUT2D eigenvalue weighted by atomic mass is 9.85. The minimum Gasteiger partial charge on any atom is -0.317 e. The molecular weight excluding hydrogens is 225 g/mol. The van der Waals surface area contributed by atoms with Crippen LogP contribution < -0.4 is 5.32 Å². The number of halogens is 1. The van der Waals surface area contributed by atoms with Crippen molar-refractivity contribution in [3.05, 3.63) is 41.7 Å². The molecule has 0 unspecified atom stereocenters. The summed E-state index contributed by atoms with van der Waals surface area (Å²) in [4.78, 5) is 0. The van der Waals surface area contributed by atoms with Crippen molar-refractivity contribution in [1.29, 1.82) is 0 Å². The van der Waals surface area contributed by atoms with E-state index < -0.39 is 0 Å². The molecule has 18 heavy (non-hydrogen) atoms. The normalized spacial score (nSPS) is 15.8. The molecule has 1 fully saturated rings. The molecule has 0 saturated carbocycles. The molecule has 100 valence electrons. The third-order valence-corrected chi connectivity index (χ3v) is 3.37. The van der Waals surface area contributed by atoms with Crippen LogP contribution in [0.25, 0.3) is 5.57 Å². The second-order valence-corrected chi connectivity index (χ2v) is 4.51. The van der Waals surface area contributed by atoms with Gasteiger partial charge in [-0.3, -0.25) is 0 Å². The lowest BCUT2D eigenvalue weighted by Gasteiger charge is -2.25. The Labute approximate surface area is 110 Å². The Morgan fingerprint density at radius 2 is 1.89 bits per heavy atom. The van der Waals surface area contributed by atoms with Crippen LogP contribution in [0.4, 0.5) is 4.39 Å². The Kier molecular flexibility index (Phi) is 6.06. The molecule has 0 amide bonds. The Balaban J connectivity index is 0.000000771. The van der Waals surface area contributed by atoms with Gasteiger partial charge in [-0.1, -0.05) is 26.5 Å². The van der Waals surface area contributed by atoms with Crippen molar-refractivity contribution in [2.45, 2.75) is 33.6 Å². The highest BCUT2D eigenvalue weighted by atomic mass is 19.1.